The third-order valence-electron chi connectivity index (χ3n) is 5.85. The molecular weight excluding hydrogens is 324 g/mol. The summed E-state index contributed by atoms with van der Waals surface area (Å²) in [5.41, 5.74) is 2.47. The van der Waals surface area contributed by atoms with E-state index >= 15 is 0 Å². The first-order chi connectivity index (χ1) is 12.7. The molecular formula is C21H26N4O. The average molecular weight is 350 g/mol. The van der Waals surface area contributed by atoms with E-state index in [1.54, 1.807) is 12.4 Å². The summed E-state index contributed by atoms with van der Waals surface area (Å²) in [6.07, 6.45) is 8.36. The summed E-state index contributed by atoms with van der Waals surface area (Å²) in [7, 11) is 0. The lowest BCUT2D eigenvalue weighted by molar-refractivity contribution is -0.132. The van der Waals surface area contributed by atoms with E-state index in [4.69, 9.17) is 0 Å². The lowest BCUT2D eigenvalue weighted by atomic mass is 9.87. The quantitative estimate of drug-likeness (QED) is 0.852. The second kappa shape index (κ2) is 7.06. The molecule has 5 heteroatoms. The van der Waals surface area contributed by atoms with Crippen LogP contribution in [0.2, 0.25) is 0 Å². The molecule has 4 rings (SSSR count). The highest BCUT2D eigenvalue weighted by atomic mass is 16.2. The monoisotopic (exact) mass is 350 g/mol. The van der Waals surface area contributed by atoms with Gasteiger partial charge in [-0.2, -0.15) is 0 Å². The van der Waals surface area contributed by atoms with Crippen molar-refractivity contribution in [1.29, 1.82) is 0 Å². The molecule has 2 saturated heterocycles. The van der Waals surface area contributed by atoms with Crippen molar-refractivity contribution in [3.63, 3.8) is 0 Å². The van der Waals surface area contributed by atoms with Crippen molar-refractivity contribution in [2.24, 2.45) is 0 Å². The SMILES string of the molecule is Cc1cccc(CN2C(=O)CC[C@@]23CCCN(c2ncccn2)CC3)c1. The van der Waals surface area contributed by atoms with E-state index in [-0.39, 0.29) is 5.54 Å². The van der Waals surface area contributed by atoms with Crippen molar-refractivity contribution in [3.8, 4) is 0 Å². The van der Waals surface area contributed by atoms with E-state index in [0.717, 1.165) is 51.3 Å². The van der Waals surface area contributed by atoms with Gasteiger partial charge < -0.3 is 9.80 Å². The summed E-state index contributed by atoms with van der Waals surface area (Å²) in [5, 5.41) is 0. The van der Waals surface area contributed by atoms with Crippen LogP contribution in [0.5, 0.6) is 0 Å². The topological polar surface area (TPSA) is 49.3 Å². The predicted octanol–water partition coefficient (Wildman–Crippen LogP) is 3.34. The van der Waals surface area contributed by atoms with Crippen LogP contribution in [0.15, 0.2) is 42.7 Å². The maximum Gasteiger partial charge on any atom is 0.225 e. The number of benzene rings is 1. The molecule has 5 nitrogen and oxygen atoms in total. The third-order valence-corrected chi connectivity index (χ3v) is 5.85. The summed E-state index contributed by atoms with van der Waals surface area (Å²) in [6.45, 7) is 4.69. The minimum Gasteiger partial charge on any atom is -0.341 e. The lowest BCUT2D eigenvalue weighted by Gasteiger charge is -2.38. The van der Waals surface area contributed by atoms with E-state index in [2.05, 4.69) is 51.0 Å². The van der Waals surface area contributed by atoms with Gasteiger partial charge in [-0.05, 0) is 44.2 Å². The second-order valence-corrected chi connectivity index (χ2v) is 7.58. The van der Waals surface area contributed by atoms with Gasteiger partial charge in [0.1, 0.15) is 0 Å². The number of carbonyl (C=O) groups is 1. The van der Waals surface area contributed by atoms with Gasteiger partial charge in [0.15, 0.2) is 0 Å². The van der Waals surface area contributed by atoms with Crippen LogP contribution in [0, 0.1) is 6.92 Å². The molecule has 0 saturated carbocycles. The first-order valence-electron chi connectivity index (χ1n) is 9.54. The summed E-state index contributed by atoms with van der Waals surface area (Å²) in [6, 6.07) is 10.4. The number of hydrogen-bond acceptors (Lipinski definition) is 4. The molecule has 2 aliphatic rings. The minimum atomic E-state index is -0.00956. The molecule has 1 amide bonds. The van der Waals surface area contributed by atoms with Gasteiger partial charge in [0.25, 0.3) is 0 Å². The van der Waals surface area contributed by atoms with E-state index in [1.807, 2.05) is 6.07 Å². The number of aromatic nitrogens is 2. The molecule has 1 aromatic heterocycles. The van der Waals surface area contributed by atoms with Gasteiger partial charge in [-0.3, -0.25) is 4.79 Å². The molecule has 0 bridgehead atoms. The number of carbonyl (C=O) groups excluding carboxylic acids is 1. The molecule has 0 N–H and O–H groups in total. The maximum atomic E-state index is 12.7. The Labute approximate surface area is 155 Å². The molecule has 1 aromatic carbocycles. The van der Waals surface area contributed by atoms with Crippen LogP contribution < -0.4 is 4.90 Å². The van der Waals surface area contributed by atoms with Gasteiger partial charge in [-0.15, -0.1) is 0 Å². The largest absolute Gasteiger partial charge is 0.341 e. The second-order valence-electron chi connectivity index (χ2n) is 7.58. The van der Waals surface area contributed by atoms with Gasteiger partial charge in [0.05, 0.1) is 0 Å². The number of likely N-dealkylation sites (tertiary alicyclic amines) is 1. The van der Waals surface area contributed by atoms with Crippen molar-refractivity contribution in [2.75, 3.05) is 18.0 Å². The number of anilines is 1. The fourth-order valence-corrected chi connectivity index (χ4v) is 4.48. The number of amides is 1. The zero-order chi connectivity index (χ0) is 18.0. The minimum absolute atomic E-state index is 0.00956. The number of hydrogen-bond donors (Lipinski definition) is 0. The number of aryl methyl sites for hydroxylation is 1. The number of rotatable bonds is 3. The smallest absolute Gasteiger partial charge is 0.225 e. The molecule has 136 valence electrons. The van der Waals surface area contributed by atoms with Crippen molar-refractivity contribution in [2.45, 2.75) is 51.1 Å². The molecule has 2 aliphatic heterocycles. The van der Waals surface area contributed by atoms with E-state index in [1.165, 1.54) is 11.1 Å². The fourth-order valence-electron chi connectivity index (χ4n) is 4.48. The van der Waals surface area contributed by atoms with E-state index in [9.17, 15) is 4.79 Å². The molecule has 0 aliphatic carbocycles. The molecule has 1 atom stereocenters. The first kappa shape index (κ1) is 17.0. The van der Waals surface area contributed by atoms with Gasteiger partial charge in [-0.1, -0.05) is 29.8 Å². The molecule has 2 fully saturated rings. The molecule has 2 aromatic rings. The Morgan fingerprint density at radius 2 is 1.92 bits per heavy atom. The lowest BCUT2D eigenvalue weighted by Crippen LogP contribution is -2.46. The normalized spacial score (nSPS) is 23.5. The van der Waals surface area contributed by atoms with Gasteiger partial charge in [-0.25, -0.2) is 9.97 Å². The maximum absolute atomic E-state index is 12.7. The van der Waals surface area contributed by atoms with Crippen LogP contribution in [-0.4, -0.2) is 39.4 Å². The van der Waals surface area contributed by atoms with Crippen molar-refractivity contribution in [3.05, 3.63) is 53.9 Å². The summed E-state index contributed by atoms with van der Waals surface area (Å²) in [4.78, 5) is 25.9. The van der Waals surface area contributed by atoms with Crippen LogP contribution >= 0.6 is 0 Å². The average Bonchev–Trinajstić information content (AvgIpc) is 2.83. The zero-order valence-electron chi connectivity index (χ0n) is 15.4. The molecule has 0 radical (unpaired) electrons. The van der Waals surface area contributed by atoms with E-state index in [0.29, 0.717) is 12.3 Å². The van der Waals surface area contributed by atoms with Crippen molar-refractivity contribution in [1.82, 2.24) is 14.9 Å². The zero-order valence-corrected chi connectivity index (χ0v) is 15.4. The molecule has 0 unspecified atom stereocenters. The Morgan fingerprint density at radius 1 is 1.08 bits per heavy atom. The highest BCUT2D eigenvalue weighted by molar-refractivity contribution is 5.79. The van der Waals surface area contributed by atoms with Gasteiger partial charge in [0, 0.05) is 44.0 Å². The predicted molar refractivity (Wildman–Crippen MR) is 102 cm³/mol. The standard InChI is InChI=1S/C21H26N4O/c1-17-5-2-6-18(15-17)16-25-19(26)7-9-21(25)8-3-13-24(14-10-21)20-22-11-4-12-23-20/h2,4-6,11-12,15H,3,7-10,13-14,16H2,1H3/t21-/m1/s1. The summed E-state index contributed by atoms with van der Waals surface area (Å²) < 4.78 is 0. The summed E-state index contributed by atoms with van der Waals surface area (Å²) in [5.74, 6) is 1.11. The Bertz CT molecular complexity index is 779. The van der Waals surface area contributed by atoms with Crippen LogP contribution in [-0.2, 0) is 11.3 Å². The van der Waals surface area contributed by atoms with Crippen LogP contribution in [0.1, 0.15) is 43.2 Å². The molecule has 26 heavy (non-hydrogen) atoms. The Kier molecular flexibility index (Phi) is 4.62. The highest BCUT2D eigenvalue weighted by Crippen LogP contribution is 2.40. The first-order valence-corrected chi connectivity index (χ1v) is 9.54. The fraction of sp³-hybridized carbons (Fsp3) is 0.476. The van der Waals surface area contributed by atoms with Crippen LogP contribution in [0.4, 0.5) is 5.95 Å². The Hall–Kier alpha value is -2.43. The Morgan fingerprint density at radius 3 is 2.73 bits per heavy atom. The molecule has 3 heterocycles. The van der Waals surface area contributed by atoms with Crippen LogP contribution in [0.25, 0.3) is 0 Å². The van der Waals surface area contributed by atoms with E-state index < -0.39 is 0 Å². The number of nitrogens with zero attached hydrogens (tertiary/aromatic N) is 4. The summed E-state index contributed by atoms with van der Waals surface area (Å²) >= 11 is 0. The van der Waals surface area contributed by atoms with Gasteiger partial charge >= 0.3 is 0 Å². The van der Waals surface area contributed by atoms with Crippen molar-refractivity contribution >= 4 is 11.9 Å². The van der Waals surface area contributed by atoms with Gasteiger partial charge in [0.2, 0.25) is 11.9 Å². The Balaban J connectivity index is 1.53. The molecule has 1 spiro atoms. The van der Waals surface area contributed by atoms with Crippen molar-refractivity contribution < 1.29 is 4.79 Å². The van der Waals surface area contributed by atoms with Crippen LogP contribution in [0.3, 0.4) is 0 Å². The highest BCUT2D eigenvalue weighted by Gasteiger charge is 2.45. The third kappa shape index (κ3) is 3.30.